The van der Waals surface area contributed by atoms with Crippen molar-refractivity contribution in [3.8, 4) is 0 Å². The molecule has 88 valence electrons. The monoisotopic (exact) mass is 221 g/mol. The minimum absolute atomic E-state index is 0.220. The number of hydrogen-bond donors (Lipinski definition) is 1. The normalized spacial score (nSPS) is 12.2. The van der Waals surface area contributed by atoms with Crippen LogP contribution in [-0.2, 0) is 4.79 Å². The number of anilines is 1. The number of rotatable bonds is 5. The fraction of sp³-hybridized carbons (Fsp3) is 0.462. The Morgan fingerprint density at radius 1 is 1.38 bits per heavy atom. The quantitative estimate of drug-likeness (QED) is 0.831. The summed E-state index contributed by atoms with van der Waals surface area (Å²) < 4.78 is 0. The van der Waals surface area contributed by atoms with E-state index in [4.69, 9.17) is 5.11 Å². The highest BCUT2D eigenvalue weighted by Gasteiger charge is 2.11. The summed E-state index contributed by atoms with van der Waals surface area (Å²) in [6, 6.07) is 8.49. The van der Waals surface area contributed by atoms with Crippen LogP contribution in [0.4, 0.5) is 5.69 Å². The molecule has 0 aliphatic heterocycles. The van der Waals surface area contributed by atoms with Crippen molar-refractivity contribution in [1.82, 2.24) is 0 Å². The maximum absolute atomic E-state index is 10.5. The maximum Gasteiger partial charge on any atom is 0.303 e. The molecule has 16 heavy (non-hydrogen) atoms. The van der Waals surface area contributed by atoms with Gasteiger partial charge in [-0.1, -0.05) is 17.7 Å². The predicted octanol–water partition coefficient (Wildman–Crippen LogP) is 2.68. The average molecular weight is 221 g/mol. The zero-order chi connectivity index (χ0) is 12.1. The lowest BCUT2D eigenvalue weighted by Gasteiger charge is -2.26. The largest absolute Gasteiger partial charge is 0.481 e. The smallest absolute Gasteiger partial charge is 0.303 e. The van der Waals surface area contributed by atoms with Gasteiger partial charge in [0, 0.05) is 25.2 Å². The summed E-state index contributed by atoms with van der Waals surface area (Å²) in [5, 5.41) is 8.63. The van der Waals surface area contributed by atoms with Gasteiger partial charge in [0.15, 0.2) is 0 Å². The summed E-state index contributed by atoms with van der Waals surface area (Å²) in [5.74, 6) is -0.732. The molecule has 0 spiro atoms. The van der Waals surface area contributed by atoms with Gasteiger partial charge in [-0.3, -0.25) is 4.79 Å². The Hall–Kier alpha value is -1.51. The molecule has 1 aromatic rings. The molecule has 0 fully saturated rings. The molecular weight excluding hydrogens is 202 g/mol. The van der Waals surface area contributed by atoms with Crippen molar-refractivity contribution in [1.29, 1.82) is 0 Å². The Labute approximate surface area is 96.7 Å². The number of carboxylic acids is 1. The second kappa shape index (κ2) is 5.54. The lowest BCUT2D eigenvalue weighted by Crippen LogP contribution is -2.29. The molecule has 0 aromatic heterocycles. The van der Waals surface area contributed by atoms with Crippen molar-refractivity contribution in [2.24, 2.45) is 0 Å². The molecule has 1 rings (SSSR count). The van der Waals surface area contributed by atoms with Crippen molar-refractivity contribution in [3.05, 3.63) is 29.8 Å². The van der Waals surface area contributed by atoms with E-state index in [1.54, 1.807) is 0 Å². The molecular formula is C13H19NO2. The summed E-state index contributed by atoms with van der Waals surface area (Å²) in [5.41, 5.74) is 2.36. The fourth-order valence-corrected chi connectivity index (χ4v) is 1.56. The first-order chi connectivity index (χ1) is 7.50. The van der Waals surface area contributed by atoms with Gasteiger partial charge in [-0.05, 0) is 32.4 Å². The fourth-order valence-electron chi connectivity index (χ4n) is 1.56. The van der Waals surface area contributed by atoms with Crippen LogP contribution in [0, 0.1) is 6.92 Å². The van der Waals surface area contributed by atoms with Crippen molar-refractivity contribution in [2.45, 2.75) is 32.7 Å². The van der Waals surface area contributed by atoms with Gasteiger partial charge in [-0.25, -0.2) is 0 Å². The number of carboxylic acid groups (broad SMARTS) is 1. The lowest BCUT2D eigenvalue weighted by atomic mass is 10.1. The van der Waals surface area contributed by atoms with Crippen LogP contribution in [0.2, 0.25) is 0 Å². The SMILES string of the molecule is Cc1ccc(N(C)C(C)CCC(=O)O)cc1. The van der Waals surface area contributed by atoms with E-state index in [9.17, 15) is 4.79 Å². The van der Waals surface area contributed by atoms with Gasteiger partial charge in [-0.15, -0.1) is 0 Å². The second-order valence-corrected chi connectivity index (χ2v) is 4.23. The Balaban J connectivity index is 2.59. The van der Waals surface area contributed by atoms with E-state index >= 15 is 0 Å². The molecule has 0 aliphatic rings. The van der Waals surface area contributed by atoms with Gasteiger partial charge in [-0.2, -0.15) is 0 Å². The number of aliphatic carboxylic acids is 1. The number of benzene rings is 1. The van der Waals surface area contributed by atoms with Crippen molar-refractivity contribution < 1.29 is 9.90 Å². The molecule has 3 heteroatoms. The van der Waals surface area contributed by atoms with Gasteiger partial charge in [0.05, 0.1) is 0 Å². The summed E-state index contributed by atoms with van der Waals surface area (Å²) in [4.78, 5) is 12.6. The lowest BCUT2D eigenvalue weighted by molar-refractivity contribution is -0.137. The van der Waals surface area contributed by atoms with Crippen molar-refractivity contribution in [3.63, 3.8) is 0 Å². The van der Waals surface area contributed by atoms with E-state index in [0.29, 0.717) is 6.42 Å². The molecule has 0 radical (unpaired) electrons. The van der Waals surface area contributed by atoms with E-state index in [1.807, 2.05) is 14.0 Å². The topological polar surface area (TPSA) is 40.5 Å². The number of aryl methyl sites for hydroxylation is 1. The van der Waals surface area contributed by atoms with Gasteiger partial charge in [0.2, 0.25) is 0 Å². The van der Waals surface area contributed by atoms with Crippen LogP contribution in [0.5, 0.6) is 0 Å². The molecule has 0 saturated carbocycles. The Morgan fingerprint density at radius 3 is 2.44 bits per heavy atom. The molecule has 0 heterocycles. The zero-order valence-corrected chi connectivity index (χ0v) is 10.1. The van der Waals surface area contributed by atoms with Crippen LogP contribution in [0.15, 0.2) is 24.3 Å². The highest BCUT2D eigenvalue weighted by molar-refractivity contribution is 5.66. The first-order valence-electron chi connectivity index (χ1n) is 5.52. The van der Waals surface area contributed by atoms with E-state index in [-0.39, 0.29) is 12.5 Å². The van der Waals surface area contributed by atoms with E-state index in [1.165, 1.54) is 5.56 Å². The summed E-state index contributed by atoms with van der Waals surface area (Å²) >= 11 is 0. The highest BCUT2D eigenvalue weighted by Crippen LogP contribution is 2.17. The summed E-state index contributed by atoms with van der Waals surface area (Å²) in [6.07, 6.45) is 0.886. The van der Waals surface area contributed by atoms with Gasteiger partial charge >= 0.3 is 5.97 Å². The molecule has 0 amide bonds. The van der Waals surface area contributed by atoms with E-state index in [2.05, 4.69) is 36.1 Å². The van der Waals surface area contributed by atoms with E-state index < -0.39 is 5.97 Å². The van der Waals surface area contributed by atoms with Gasteiger partial charge < -0.3 is 10.0 Å². The zero-order valence-electron chi connectivity index (χ0n) is 10.1. The van der Waals surface area contributed by atoms with Crippen LogP contribution in [0.3, 0.4) is 0 Å². The molecule has 3 nitrogen and oxygen atoms in total. The van der Waals surface area contributed by atoms with Crippen molar-refractivity contribution >= 4 is 11.7 Å². The van der Waals surface area contributed by atoms with Crippen LogP contribution in [0.25, 0.3) is 0 Å². The molecule has 1 atom stereocenters. The Bertz CT molecular complexity index is 345. The Kier molecular flexibility index (Phi) is 4.35. The molecule has 0 saturated heterocycles. The summed E-state index contributed by atoms with van der Waals surface area (Å²) in [6.45, 7) is 4.10. The standard InChI is InChI=1S/C13H19NO2/c1-10-4-7-12(8-5-10)14(3)11(2)6-9-13(15)16/h4-5,7-8,11H,6,9H2,1-3H3,(H,15,16). The minimum Gasteiger partial charge on any atom is -0.481 e. The van der Waals surface area contributed by atoms with Crippen molar-refractivity contribution in [2.75, 3.05) is 11.9 Å². The molecule has 0 aliphatic carbocycles. The third-order valence-electron chi connectivity index (χ3n) is 2.88. The number of nitrogens with zero attached hydrogens (tertiary/aromatic N) is 1. The molecule has 1 N–H and O–H groups in total. The second-order valence-electron chi connectivity index (χ2n) is 4.23. The number of hydrogen-bond acceptors (Lipinski definition) is 2. The minimum atomic E-state index is -0.732. The predicted molar refractivity (Wildman–Crippen MR) is 65.9 cm³/mol. The highest BCUT2D eigenvalue weighted by atomic mass is 16.4. The first-order valence-corrected chi connectivity index (χ1v) is 5.52. The van der Waals surface area contributed by atoms with E-state index in [0.717, 1.165) is 5.69 Å². The molecule has 1 unspecified atom stereocenters. The van der Waals surface area contributed by atoms with Crippen LogP contribution < -0.4 is 4.90 Å². The van der Waals surface area contributed by atoms with Crippen LogP contribution in [-0.4, -0.2) is 24.2 Å². The van der Waals surface area contributed by atoms with Crippen LogP contribution >= 0.6 is 0 Å². The average Bonchev–Trinajstić information content (AvgIpc) is 2.26. The third-order valence-corrected chi connectivity index (χ3v) is 2.88. The maximum atomic E-state index is 10.5. The third kappa shape index (κ3) is 3.57. The van der Waals surface area contributed by atoms with Gasteiger partial charge in [0.1, 0.15) is 0 Å². The Morgan fingerprint density at radius 2 is 1.94 bits per heavy atom. The van der Waals surface area contributed by atoms with Crippen LogP contribution in [0.1, 0.15) is 25.3 Å². The molecule has 0 bridgehead atoms. The molecule has 1 aromatic carbocycles. The van der Waals surface area contributed by atoms with Gasteiger partial charge in [0.25, 0.3) is 0 Å². The first kappa shape index (κ1) is 12.6. The number of carbonyl (C=O) groups is 1. The summed E-state index contributed by atoms with van der Waals surface area (Å²) in [7, 11) is 2.00.